The maximum Gasteiger partial charge on any atom is 0.416 e. The zero-order valence-corrected chi connectivity index (χ0v) is 11.5. The number of aromatic nitrogens is 1. The summed E-state index contributed by atoms with van der Waals surface area (Å²) < 4.78 is 38.2. The molecule has 108 valence electrons. The van der Waals surface area contributed by atoms with Gasteiger partial charge in [-0.2, -0.15) is 18.4 Å². The first-order chi connectivity index (χ1) is 9.82. The number of halogens is 4. The molecular formula is C14H9ClF3N3. The van der Waals surface area contributed by atoms with Crippen molar-refractivity contribution in [3.63, 3.8) is 0 Å². The lowest BCUT2D eigenvalue weighted by atomic mass is 10.1. The van der Waals surface area contributed by atoms with Crippen molar-refractivity contribution >= 4 is 23.1 Å². The highest BCUT2D eigenvalue weighted by atomic mass is 35.5. The van der Waals surface area contributed by atoms with Crippen LogP contribution in [0.15, 0.2) is 30.5 Å². The fraction of sp³-hybridized carbons (Fsp3) is 0.143. The molecule has 0 unspecified atom stereocenters. The molecule has 0 amide bonds. The smallest absolute Gasteiger partial charge is 0.339 e. The van der Waals surface area contributed by atoms with Crippen LogP contribution in [0.25, 0.3) is 0 Å². The van der Waals surface area contributed by atoms with Crippen LogP contribution < -0.4 is 5.32 Å². The largest absolute Gasteiger partial charge is 0.416 e. The van der Waals surface area contributed by atoms with Gasteiger partial charge >= 0.3 is 6.18 Å². The van der Waals surface area contributed by atoms with E-state index in [1.807, 2.05) is 6.07 Å². The first-order valence-corrected chi connectivity index (χ1v) is 6.20. The van der Waals surface area contributed by atoms with E-state index < -0.39 is 11.7 Å². The highest BCUT2D eigenvalue weighted by molar-refractivity contribution is 6.34. The molecule has 21 heavy (non-hydrogen) atoms. The van der Waals surface area contributed by atoms with Crippen LogP contribution >= 0.6 is 11.6 Å². The third kappa shape index (κ3) is 3.26. The maximum absolute atomic E-state index is 12.7. The molecule has 0 aliphatic heterocycles. The lowest BCUT2D eigenvalue weighted by Gasteiger charge is -2.13. The highest BCUT2D eigenvalue weighted by Gasteiger charge is 2.30. The summed E-state index contributed by atoms with van der Waals surface area (Å²) in [7, 11) is 0. The van der Waals surface area contributed by atoms with Gasteiger partial charge in [0.25, 0.3) is 0 Å². The van der Waals surface area contributed by atoms with Gasteiger partial charge in [0.2, 0.25) is 0 Å². The van der Waals surface area contributed by atoms with E-state index in [4.69, 9.17) is 16.9 Å². The van der Waals surface area contributed by atoms with Crippen LogP contribution in [0, 0.1) is 18.3 Å². The Morgan fingerprint density at radius 2 is 2.00 bits per heavy atom. The third-order valence-electron chi connectivity index (χ3n) is 2.83. The predicted octanol–water partition coefficient (Wildman–Crippen LogP) is 4.68. The summed E-state index contributed by atoms with van der Waals surface area (Å²) in [6.45, 7) is 1.66. The molecule has 2 aromatic rings. The van der Waals surface area contributed by atoms with Gasteiger partial charge in [-0.3, -0.25) is 0 Å². The summed E-state index contributed by atoms with van der Waals surface area (Å²) in [5.74, 6) is 0.137. The Kier molecular flexibility index (Phi) is 4.05. The molecule has 0 fully saturated rings. The summed E-state index contributed by atoms with van der Waals surface area (Å²) in [6.07, 6.45) is -3.08. The maximum atomic E-state index is 12.7. The van der Waals surface area contributed by atoms with Crippen LogP contribution in [0.2, 0.25) is 5.02 Å². The van der Waals surface area contributed by atoms with E-state index in [9.17, 15) is 13.2 Å². The van der Waals surface area contributed by atoms with Crippen LogP contribution in [0.1, 0.15) is 16.7 Å². The van der Waals surface area contributed by atoms with Crippen molar-refractivity contribution in [2.24, 2.45) is 0 Å². The summed E-state index contributed by atoms with van der Waals surface area (Å²) in [6, 6.07) is 6.64. The molecule has 1 heterocycles. The SMILES string of the molecule is Cc1ccc(C(F)(F)F)cc1Nc1nccc(C#N)c1Cl. The molecule has 1 N–H and O–H groups in total. The number of benzene rings is 1. The normalized spacial score (nSPS) is 11.0. The third-order valence-corrected chi connectivity index (χ3v) is 3.21. The number of nitrogens with zero attached hydrogens (tertiary/aromatic N) is 2. The second kappa shape index (κ2) is 5.62. The number of rotatable bonds is 2. The Bertz CT molecular complexity index is 720. The quantitative estimate of drug-likeness (QED) is 0.876. The molecule has 7 heteroatoms. The minimum Gasteiger partial charge on any atom is -0.339 e. The first-order valence-electron chi connectivity index (χ1n) is 5.82. The molecule has 0 radical (unpaired) electrons. The van der Waals surface area contributed by atoms with Crippen molar-refractivity contribution in [1.29, 1.82) is 5.26 Å². The lowest BCUT2D eigenvalue weighted by molar-refractivity contribution is -0.137. The van der Waals surface area contributed by atoms with E-state index in [1.165, 1.54) is 18.3 Å². The minimum absolute atomic E-state index is 0.0665. The number of aryl methyl sites for hydroxylation is 1. The van der Waals surface area contributed by atoms with Crippen LogP contribution in [0.3, 0.4) is 0 Å². The molecule has 2 rings (SSSR count). The van der Waals surface area contributed by atoms with Gasteiger partial charge in [-0.25, -0.2) is 4.98 Å². The topological polar surface area (TPSA) is 48.7 Å². The Hall–Kier alpha value is -2.26. The lowest BCUT2D eigenvalue weighted by Crippen LogP contribution is -2.06. The van der Waals surface area contributed by atoms with E-state index in [0.29, 0.717) is 5.56 Å². The summed E-state index contributed by atoms with van der Waals surface area (Å²) in [5.41, 5.74) is 0.250. The summed E-state index contributed by atoms with van der Waals surface area (Å²) in [5, 5.41) is 11.7. The average Bonchev–Trinajstić information content (AvgIpc) is 2.42. The zero-order chi connectivity index (χ0) is 15.6. The van der Waals surface area contributed by atoms with Crippen molar-refractivity contribution in [2.75, 3.05) is 5.32 Å². The van der Waals surface area contributed by atoms with Crippen molar-refractivity contribution in [1.82, 2.24) is 4.98 Å². The Morgan fingerprint density at radius 1 is 1.29 bits per heavy atom. The fourth-order valence-corrected chi connectivity index (χ4v) is 1.88. The Balaban J connectivity index is 2.43. The number of nitriles is 1. The number of hydrogen-bond acceptors (Lipinski definition) is 3. The van der Waals surface area contributed by atoms with Crippen LogP contribution in [0.4, 0.5) is 24.7 Å². The average molecular weight is 312 g/mol. The molecular weight excluding hydrogens is 303 g/mol. The van der Waals surface area contributed by atoms with E-state index in [2.05, 4.69) is 10.3 Å². The molecule has 1 aromatic carbocycles. The van der Waals surface area contributed by atoms with Gasteiger partial charge in [-0.1, -0.05) is 17.7 Å². The van der Waals surface area contributed by atoms with E-state index in [-0.39, 0.29) is 22.1 Å². The molecule has 0 saturated carbocycles. The van der Waals surface area contributed by atoms with Crippen molar-refractivity contribution in [3.8, 4) is 6.07 Å². The molecule has 0 bridgehead atoms. The van der Waals surface area contributed by atoms with Crippen LogP contribution in [-0.2, 0) is 6.18 Å². The minimum atomic E-state index is -4.43. The van der Waals surface area contributed by atoms with Gasteiger partial charge in [-0.05, 0) is 30.7 Å². The zero-order valence-electron chi connectivity index (χ0n) is 10.8. The predicted molar refractivity (Wildman–Crippen MR) is 73.4 cm³/mol. The molecule has 0 saturated heterocycles. The van der Waals surface area contributed by atoms with Crippen LogP contribution in [0.5, 0.6) is 0 Å². The highest BCUT2D eigenvalue weighted by Crippen LogP contribution is 2.34. The molecule has 0 aliphatic rings. The number of anilines is 2. The molecule has 0 spiro atoms. The molecule has 3 nitrogen and oxygen atoms in total. The Morgan fingerprint density at radius 3 is 2.62 bits per heavy atom. The van der Waals surface area contributed by atoms with Crippen molar-refractivity contribution in [2.45, 2.75) is 13.1 Å². The molecule has 1 aromatic heterocycles. The number of nitrogens with one attached hydrogen (secondary N) is 1. The van der Waals surface area contributed by atoms with Gasteiger partial charge in [0, 0.05) is 11.9 Å². The van der Waals surface area contributed by atoms with E-state index in [1.54, 1.807) is 6.92 Å². The standard InChI is InChI=1S/C14H9ClF3N3/c1-8-2-3-10(14(16,17)18)6-11(8)21-13-12(15)9(7-19)4-5-20-13/h2-6H,1H3,(H,20,21). The fourth-order valence-electron chi connectivity index (χ4n) is 1.68. The Labute approximate surface area is 124 Å². The van der Waals surface area contributed by atoms with Gasteiger partial charge in [0.15, 0.2) is 5.82 Å². The van der Waals surface area contributed by atoms with E-state index in [0.717, 1.165) is 12.1 Å². The summed E-state index contributed by atoms with van der Waals surface area (Å²) in [4.78, 5) is 3.94. The number of pyridine rings is 1. The van der Waals surface area contributed by atoms with Crippen molar-refractivity contribution in [3.05, 3.63) is 52.2 Å². The monoisotopic (exact) mass is 311 g/mol. The van der Waals surface area contributed by atoms with E-state index >= 15 is 0 Å². The van der Waals surface area contributed by atoms with Crippen LogP contribution in [-0.4, -0.2) is 4.98 Å². The second-order valence-electron chi connectivity index (χ2n) is 4.29. The van der Waals surface area contributed by atoms with Gasteiger partial charge < -0.3 is 5.32 Å². The number of hydrogen-bond donors (Lipinski definition) is 1. The molecule has 0 aliphatic carbocycles. The van der Waals surface area contributed by atoms with Gasteiger partial charge in [0.1, 0.15) is 11.1 Å². The van der Waals surface area contributed by atoms with Gasteiger partial charge in [0.05, 0.1) is 11.1 Å². The van der Waals surface area contributed by atoms with Crippen molar-refractivity contribution < 1.29 is 13.2 Å². The van der Waals surface area contributed by atoms with Gasteiger partial charge in [-0.15, -0.1) is 0 Å². The first kappa shape index (κ1) is 15.1. The second-order valence-corrected chi connectivity index (χ2v) is 4.66. The summed E-state index contributed by atoms with van der Waals surface area (Å²) >= 11 is 5.97. The molecule has 0 atom stereocenters. The number of alkyl halides is 3.